The summed E-state index contributed by atoms with van der Waals surface area (Å²) in [7, 11) is 2.05. The van der Waals surface area contributed by atoms with Crippen molar-refractivity contribution in [1.82, 2.24) is 10.3 Å². The zero-order valence-electron chi connectivity index (χ0n) is 13.4. The van der Waals surface area contributed by atoms with E-state index in [1.807, 2.05) is 6.20 Å². The number of rotatable bonds is 6. The first-order chi connectivity index (χ1) is 10.2. The third-order valence-electron chi connectivity index (χ3n) is 3.86. The van der Waals surface area contributed by atoms with Gasteiger partial charge in [0.2, 0.25) is 0 Å². The van der Waals surface area contributed by atoms with Gasteiger partial charge in [0.05, 0.1) is 0 Å². The van der Waals surface area contributed by atoms with Crippen LogP contribution >= 0.6 is 0 Å². The number of anilines is 2. The molecule has 2 rings (SSSR count). The van der Waals surface area contributed by atoms with Crippen LogP contribution in [0.1, 0.15) is 37.9 Å². The Hall–Kier alpha value is -1.87. The van der Waals surface area contributed by atoms with Crippen LogP contribution in [0.5, 0.6) is 0 Å². The highest BCUT2D eigenvalue weighted by Crippen LogP contribution is 2.23. The Morgan fingerprint density at radius 2 is 1.81 bits per heavy atom. The molecule has 0 bridgehead atoms. The van der Waals surface area contributed by atoms with E-state index in [4.69, 9.17) is 0 Å². The largest absolute Gasteiger partial charge is 0.329 e. The lowest BCUT2D eigenvalue weighted by molar-refractivity contribution is 0.596. The van der Waals surface area contributed by atoms with Crippen LogP contribution in [0, 0.1) is 0 Å². The molecule has 0 spiro atoms. The molecule has 0 aliphatic rings. The SMILES string of the molecule is CCNC(C)c1ccc(N(C)c2ccc(CC)cc2)nc1. The maximum absolute atomic E-state index is 4.59. The van der Waals surface area contributed by atoms with Crippen LogP contribution in [0.4, 0.5) is 11.5 Å². The van der Waals surface area contributed by atoms with E-state index >= 15 is 0 Å². The van der Waals surface area contributed by atoms with Gasteiger partial charge in [-0.25, -0.2) is 4.98 Å². The van der Waals surface area contributed by atoms with Gasteiger partial charge in [0.25, 0.3) is 0 Å². The zero-order valence-corrected chi connectivity index (χ0v) is 13.4. The van der Waals surface area contributed by atoms with Gasteiger partial charge >= 0.3 is 0 Å². The molecule has 0 radical (unpaired) electrons. The van der Waals surface area contributed by atoms with Gasteiger partial charge in [-0.1, -0.05) is 32.0 Å². The van der Waals surface area contributed by atoms with Crippen molar-refractivity contribution in [1.29, 1.82) is 0 Å². The predicted octanol–water partition coefficient (Wildman–Crippen LogP) is 4.08. The Labute approximate surface area is 128 Å². The van der Waals surface area contributed by atoms with Crippen LogP contribution in [0.3, 0.4) is 0 Å². The molecular weight excluding hydrogens is 258 g/mol. The van der Waals surface area contributed by atoms with Crippen LogP contribution in [-0.4, -0.2) is 18.6 Å². The molecule has 112 valence electrons. The fraction of sp³-hybridized carbons (Fsp3) is 0.389. The third-order valence-corrected chi connectivity index (χ3v) is 3.86. The average Bonchev–Trinajstić information content (AvgIpc) is 2.54. The third kappa shape index (κ3) is 3.82. The van der Waals surface area contributed by atoms with Gasteiger partial charge in [0.15, 0.2) is 0 Å². The van der Waals surface area contributed by atoms with Crippen molar-refractivity contribution >= 4 is 11.5 Å². The summed E-state index contributed by atoms with van der Waals surface area (Å²) in [5, 5.41) is 3.40. The van der Waals surface area contributed by atoms with Gasteiger partial charge in [0.1, 0.15) is 5.82 Å². The van der Waals surface area contributed by atoms with Crippen molar-refractivity contribution in [2.45, 2.75) is 33.2 Å². The van der Waals surface area contributed by atoms with Crippen molar-refractivity contribution in [2.75, 3.05) is 18.5 Å². The molecule has 1 atom stereocenters. The quantitative estimate of drug-likeness (QED) is 0.865. The van der Waals surface area contributed by atoms with Crippen molar-refractivity contribution in [3.05, 3.63) is 53.7 Å². The standard InChI is InChI=1S/C18H25N3/c1-5-15-7-10-17(11-8-15)21(4)18-12-9-16(13-20-18)14(3)19-6-2/h7-14,19H,5-6H2,1-4H3. The summed E-state index contributed by atoms with van der Waals surface area (Å²) < 4.78 is 0. The smallest absolute Gasteiger partial charge is 0.132 e. The Morgan fingerprint density at radius 1 is 1.10 bits per heavy atom. The molecule has 0 aliphatic heterocycles. The van der Waals surface area contributed by atoms with E-state index in [1.54, 1.807) is 0 Å². The second-order valence-electron chi connectivity index (χ2n) is 5.31. The van der Waals surface area contributed by atoms with Crippen LogP contribution in [-0.2, 0) is 6.42 Å². The van der Waals surface area contributed by atoms with Gasteiger partial charge in [0, 0.05) is 25.0 Å². The van der Waals surface area contributed by atoms with Crippen LogP contribution < -0.4 is 10.2 Å². The van der Waals surface area contributed by atoms with Crippen LogP contribution in [0.15, 0.2) is 42.6 Å². The van der Waals surface area contributed by atoms with E-state index < -0.39 is 0 Å². The molecule has 0 saturated carbocycles. The van der Waals surface area contributed by atoms with E-state index in [1.165, 1.54) is 11.1 Å². The first kappa shape index (κ1) is 15.5. The fourth-order valence-corrected chi connectivity index (χ4v) is 2.36. The van der Waals surface area contributed by atoms with E-state index in [9.17, 15) is 0 Å². The summed E-state index contributed by atoms with van der Waals surface area (Å²) in [6.07, 6.45) is 3.03. The molecule has 0 fully saturated rings. The Balaban J connectivity index is 2.13. The molecule has 0 aliphatic carbocycles. The lowest BCUT2D eigenvalue weighted by Gasteiger charge is -2.20. The first-order valence-corrected chi connectivity index (χ1v) is 7.67. The van der Waals surface area contributed by atoms with Crippen molar-refractivity contribution in [3.63, 3.8) is 0 Å². The van der Waals surface area contributed by atoms with Gasteiger partial charge in [-0.2, -0.15) is 0 Å². The van der Waals surface area contributed by atoms with Gasteiger partial charge in [-0.15, -0.1) is 0 Å². The molecular formula is C18H25N3. The second-order valence-corrected chi connectivity index (χ2v) is 5.31. The Kier molecular flexibility index (Phi) is 5.34. The molecule has 1 unspecified atom stereocenters. The number of nitrogens with zero attached hydrogens (tertiary/aromatic N) is 2. The first-order valence-electron chi connectivity index (χ1n) is 7.67. The summed E-state index contributed by atoms with van der Waals surface area (Å²) in [4.78, 5) is 6.70. The van der Waals surface area contributed by atoms with Gasteiger partial charge in [-0.05, 0) is 49.2 Å². The number of aromatic nitrogens is 1. The van der Waals surface area contributed by atoms with E-state index in [0.717, 1.165) is 24.5 Å². The molecule has 2 aromatic rings. The maximum atomic E-state index is 4.59. The number of benzene rings is 1. The lowest BCUT2D eigenvalue weighted by Crippen LogP contribution is -2.18. The zero-order chi connectivity index (χ0) is 15.2. The number of aryl methyl sites for hydroxylation is 1. The molecule has 1 aromatic heterocycles. The summed E-state index contributed by atoms with van der Waals surface area (Å²) in [6.45, 7) is 7.41. The molecule has 1 N–H and O–H groups in total. The number of hydrogen-bond acceptors (Lipinski definition) is 3. The topological polar surface area (TPSA) is 28.2 Å². The second kappa shape index (κ2) is 7.23. The molecule has 3 heteroatoms. The van der Waals surface area contributed by atoms with Crippen LogP contribution in [0.2, 0.25) is 0 Å². The Morgan fingerprint density at radius 3 is 2.33 bits per heavy atom. The monoisotopic (exact) mass is 283 g/mol. The highest BCUT2D eigenvalue weighted by Gasteiger charge is 2.08. The highest BCUT2D eigenvalue weighted by molar-refractivity contribution is 5.59. The summed E-state index contributed by atoms with van der Waals surface area (Å²) in [5.41, 5.74) is 3.73. The minimum atomic E-state index is 0.339. The number of nitrogens with one attached hydrogen (secondary N) is 1. The van der Waals surface area contributed by atoms with Crippen molar-refractivity contribution < 1.29 is 0 Å². The fourth-order valence-electron chi connectivity index (χ4n) is 2.36. The Bertz CT molecular complexity index is 546. The van der Waals surface area contributed by atoms with Gasteiger partial charge < -0.3 is 10.2 Å². The lowest BCUT2D eigenvalue weighted by atomic mass is 10.1. The van der Waals surface area contributed by atoms with Crippen molar-refractivity contribution in [3.8, 4) is 0 Å². The predicted molar refractivity (Wildman–Crippen MR) is 90.2 cm³/mol. The van der Waals surface area contributed by atoms with Crippen molar-refractivity contribution in [2.24, 2.45) is 0 Å². The summed E-state index contributed by atoms with van der Waals surface area (Å²) >= 11 is 0. The highest BCUT2D eigenvalue weighted by atomic mass is 15.2. The van der Waals surface area contributed by atoms with E-state index in [0.29, 0.717) is 6.04 Å². The summed E-state index contributed by atoms with van der Waals surface area (Å²) in [5.74, 6) is 0.965. The summed E-state index contributed by atoms with van der Waals surface area (Å²) in [6, 6.07) is 13.2. The number of pyridine rings is 1. The minimum Gasteiger partial charge on any atom is -0.329 e. The molecule has 1 heterocycles. The molecule has 0 saturated heterocycles. The molecule has 1 aromatic carbocycles. The maximum Gasteiger partial charge on any atom is 0.132 e. The number of hydrogen-bond donors (Lipinski definition) is 1. The normalized spacial score (nSPS) is 12.2. The molecule has 0 amide bonds. The average molecular weight is 283 g/mol. The van der Waals surface area contributed by atoms with E-state index in [2.05, 4.69) is 79.4 Å². The van der Waals surface area contributed by atoms with Crippen LogP contribution in [0.25, 0.3) is 0 Å². The minimum absolute atomic E-state index is 0.339. The van der Waals surface area contributed by atoms with E-state index in [-0.39, 0.29) is 0 Å². The molecule has 21 heavy (non-hydrogen) atoms. The molecule has 3 nitrogen and oxygen atoms in total. The van der Waals surface area contributed by atoms with Gasteiger partial charge in [-0.3, -0.25) is 0 Å².